The van der Waals surface area contributed by atoms with E-state index in [1.807, 2.05) is 19.9 Å². The number of nitrogens with one attached hydrogen (secondary N) is 1. The van der Waals surface area contributed by atoms with Gasteiger partial charge in [-0.3, -0.25) is 4.79 Å². The van der Waals surface area contributed by atoms with Crippen molar-refractivity contribution < 1.29 is 9.32 Å². The third-order valence-electron chi connectivity index (χ3n) is 5.18. The molecule has 2 aliphatic carbocycles. The van der Waals surface area contributed by atoms with Crippen LogP contribution in [0.3, 0.4) is 0 Å². The van der Waals surface area contributed by atoms with Crippen LogP contribution in [0.15, 0.2) is 10.6 Å². The molecule has 0 bridgehead atoms. The summed E-state index contributed by atoms with van der Waals surface area (Å²) < 4.78 is 5.31. The highest BCUT2D eigenvalue weighted by atomic mass is 35.5. The van der Waals surface area contributed by atoms with Gasteiger partial charge in [0.25, 0.3) is 11.6 Å². The van der Waals surface area contributed by atoms with E-state index in [2.05, 4.69) is 15.5 Å². The summed E-state index contributed by atoms with van der Waals surface area (Å²) in [5, 5.41) is 7.85. The number of aromatic nitrogens is 2. The van der Waals surface area contributed by atoms with E-state index in [-0.39, 0.29) is 23.9 Å². The van der Waals surface area contributed by atoms with E-state index in [4.69, 9.17) is 10.3 Å². The monoisotopic (exact) mass is 350 g/mol. The molecule has 2 aliphatic rings. The standard InChI is InChI=1S/C17H22N4O2.ClH/c1-9-14-12(15(22)20-17(2,8-18)11-5-6-11)7-13(10-3-4-10)19-16(14)23-21-9;/h7,10-11H,3-6,8,18H2,1-2H3,(H,20,22);1H. The van der Waals surface area contributed by atoms with Crippen molar-refractivity contribution in [2.75, 3.05) is 6.54 Å². The SMILES string of the molecule is Cc1noc2nc(C3CC3)cc(C(=O)NC(C)(CN)C3CC3)c12.Cl. The number of pyridine rings is 1. The Balaban J connectivity index is 0.00000169. The average molecular weight is 351 g/mol. The second-order valence-electron chi connectivity index (χ2n) is 7.17. The van der Waals surface area contributed by atoms with Crippen molar-refractivity contribution in [3.63, 3.8) is 0 Å². The Hall–Kier alpha value is -1.66. The molecule has 1 atom stereocenters. The molecule has 2 fully saturated rings. The van der Waals surface area contributed by atoms with Crippen LogP contribution in [0.2, 0.25) is 0 Å². The first-order valence-electron chi connectivity index (χ1n) is 8.31. The molecule has 1 amide bonds. The van der Waals surface area contributed by atoms with Crippen molar-refractivity contribution in [1.29, 1.82) is 0 Å². The van der Waals surface area contributed by atoms with Gasteiger partial charge in [-0.1, -0.05) is 5.16 Å². The number of amides is 1. The molecular weight excluding hydrogens is 328 g/mol. The van der Waals surface area contributed by atoms with Crippen LogP contribution < -0.4 is 11.1 Å². The molecule has 2 aromatic heterocycles. The number of fused-ring (bicyclic) bond motifs is 1. The minimum Gasteiger partial charge on any atom is -0.345 e. The number of nitrogens with two attached hydrogens (primary N) is 1. The van der Waals surface area contributed by atoms with Gasteiger partial charge in [0.15, 0.2) is 0 Å². The van der Waals surface area contributed by atoms with Crippen LogP contribution in [0.5, 0.6) is 0 Å². The van der Waals surface area contributed by atoms with Gasteiger partial charge in [0.2, 0.25) is 0 Å². The highest BCUT2D eigenvalue weighted by Gasteiger charge is 2.42. The number of carbonyl (C=O) groups is 1. The Morgan fingerprint density at radius 2 is 2.12 bits per heavy atom. The van der Waals surface area contributed by atoms with Gasteiger partial charge in [0, 0.05) is 18.2 Å². The number of halogens is 1. The number of rotatable bonds is 5. The van der Waals surface area contributed by atoms with E-state index in [0.29, 0.717) is 40.7 Å². The quantitative estimate of drug-likeness (QED) is 0.864. The van der Waals surface area contributed by atoms with Crippen molar-refractivity contribution in [1.82, 2.24) is 15.5 Å². The van der Waals surface area contributed by atoms with Crippen LogP contribution >= 0.6 is 12.4 Å². The van der Waals surface area contributed by atoms with Crippen molar-refractivity contribution in [3.8, 4) is 0 Å². The van der Waals surface area contributed by atoms with E-state index in [9.17, 15) is 4.79 Å². The maximum atomic E-state index is 12.9. The van der Waals surface area contributed by atoms with Gasteiger partial charge < -0.3 is 15.6 Å². The molecule has 4 rings (SSSR count). The Labute approximate surface area is 147 Å². The minimum atomic E-state index is -0.350. The zero-order chi connectivity index (χ0) is 16.2. The summed E-state index contributed by atoms with van der Waals surface area (Å²) in [5.41, 5.74) is 8.27. The number of hydrogen-bond acceptors (Lipinski definition) is 5. The van der Waals surface area contributed by atoms with Gasteiger partial charge in [-0.2, -0.15) is 0 Å². The fourth-order valence-corrected chi connectivity index (χ4v) is 3.25. The molecule has 24 heavy (non-hydrogen) atoms. The first-order chi connectivity index (χ1) is 11.0. The fourth-order valence-electron chi connectivity index (χ4n) is 3.25. The van der Waals surface area contributed by atoms with Crippen molar-refractivity contribution in [2.24, 2.45) is 11.7 Å². The molecule has 2 heterocycles. The average Bonchev–Trinajstić information content (AvgIpc) is 3.44. The molecule has 1 unspecified atom stereocenters. The predicted molar refractivity (Wildman–Crippen MR) is 93.4 cm³/mol. The summed E-state index contributed by atoms with van der Waals surface area (Å²) in [6, 6.07) is 1.91. The molecule has 0 aliphatic heterocycles. The van der Waals surface area contributed by atoms with Crippen molar-refractivity contribution in [3.05, 3.63) is 23.0 Å². The summed E-state index contributed by atoms with van der Waals surface area (Å²) in [4.78, 5) is 17.5. The lowest BCUT2D eigenvalue weighted by molar-refractivity contribution is 0.0899. The maximum absolute atomic E-state index is 12.9. The molecule has 2 aromatic rings. The van der Waals surface area contributed by atoms with Crippen LogP contribution in [-0.4, -0.2) is 28.1 Å². The molecule has 0 aromatic carbocycles. The normalized spacial score (nSPS) is 19.6. The number of carbonyl (C=O) groups excluding carboxylic acids is 1. The van der Waals surface area contributed by atoms with Gasteiger partial charge >= 0.3 is 0 Å². The lowest BCUT2D eigenvalue weighted by Gasteiger charge is -2.29. The van der Waals surface area contributed by atoms with Crippen LogP contribution in [0.25, 0.3) is 11.1 Å². The van der Waals surface area contributed by atoms with E-state index in [1.165, 1.54) is 0 Å². The molecule has 2 saturated carbocycles. The zero-order valence-electron chi connectivity index (χ0n) is 14.0. The maximum Gasteiger partial charge on any atom is 0.259 e. The third-order valence-corrected chi connectivity index (χ3v) is 5.18. The number of aryl methyl sites for hydroxylation is 1. The summed E-state index contributed by atoms with van der Waals surface area (Å²) in [5.74, 6) is 0.811. The summed E-state index contributed by atoms with van der Waals surface area (Å²) >= 11 is 0. The highest BCUT2D eigenvalue weighted by Crippen LogP contribution is 2.41. The Bertz CT molecular complexity index is 782. The smallest absolute Gasteiger partial charge is 0.259 e. The third kappa shape index (κ3) is 2.89. The van der Waals surface area contributed by atoms with Crippen molar-refractivity contribution in [2.45, 2.75) is 51.0 Å². The van der Waals surface area contributed by atoms with Crippen LogP contribution in [0.1, 0.15) is 60.3 Å². The number of nitrogens with zero attached hydrogens (tertiary/aromatic N) is 2. The van der Waals surface area contributed by atoms with Gasteiger partial charge in [-0.05, 0) is 51.5 Å². The Morgan fingerprint density at radius 3 is 2.71 bits per heavy atom. The predicted octanol–water partition coefficient (Wildman–Crippen LogP) is 2.69. The van der Waals surface area contributed by atoms with E-state index < -0.39 is 0 Å². The van der Waals surface area contributed by atoms with E-state index in [0.717, 1.165) is 31.4 Å². The van der Waals surface area contributed by atoms with Gasteiger partial charge in [-0.25, -0.2) is 4.98 Å². The molecular formula is C17H23ClN4O2. The second-order valence-corrected chi connectivity index (χ2v) is 7.17. The Kier molecular flexibility index (Phi) is 4.30. The second kappa shape index (κ2) is 6.01. The summed E-state index contributed by atoms with van der Waals surface area (Å²) in [6.45, 7) is 4.31. The van der Waals surface area contributed by atoms with Gasteiger partial charge in [0.1, 0.15) is 0 Å². The Morgan fingerprint density at radius 1 is 1.42 bits per heavy atom. The molecule has 0 radical (unpaired) electrons. The molecule has 7 heteroatoms. The van der Waals surface area contributed by atoms with Crippen molar-refractivity contribution >= 4 is 29.4 Å². The topological polar surface area (TPSA) is 94.0 Å². The minimum absolute atomic E-state index is 0. The highest BCUT2D eigenvalue weighted by molar-refractivity contribution is 6.06. The molecule has 0 spiro atoms. The first-order valence-corrected chi connectivity index (χ1v) is 8.31. The molecule has 130 valence electrons. The lowest BCUT2D eigenvalue weighted by Crippen LogP contribution is -2.53. The van der Waals surface area contributed by atoms with Crippen LogP contribution in [0, 0.1) is 12.8 Å². The molecule has 6 nitrogen and oxygen atoms in total. The zero-order valence-corrected chi connectivity index (χ0v) is 14.8. The van der Waals surface area contributed by atoms with Crippen LogP contribution in [-0.2, 0) is 0 Å². The lowest BCUT2D eigenvalue weighted by atomic mass is 9.95. The van der Waals surface area contributed by atoms with Crippen LogP contribution in [0.4, 0.5) is 0 Å². The summed E-state index contributed by atoms with van der Waals surface area (Å²) in [7, 11) is 0. The van der Waals surface area contributed by atoms with E-state index >= 15 is 0 Å². The summed E-state index contributed by atoms with van der Waals surface area (Å²) in [6.07, 6.45) is 4.49. The molecule has 3 N–H and O–H groups in total. The fraction of sp³-hybridized carbons (Fsp3) is 0.588. The van der Waals surface area contributed by atoms with Gasteiger partial charge in [-0.15, -0.1) is 12.4 Å². The van der Waals surface area contributed by atoms with E-state index in [1.54, 1.807) is 0 Å². The number of hydrogen-bond donors (Lipinski definition) is 2. The molecule has 0 saturated heterocycles. The first kappa shape index (κ1) is 17.2. The van der Waals surface area contributed by atoms with Gasteiger partial charge in [0.05, 0.1) is 22.2 Å². The largest absolute Gasteiger partial charge is 0.345 e.